The zero-order valence-electron chi connectivity index (χ0n) is 13.0. The third-order valence-electron chi connectivity index (χ3n) is 3.57. The Labute approximate surface area is 134 Å². The molecule has 0 fully saturated rings. The summed E-state index contributed by atoms with van der Waals surface area (Å²) in [6.45, 7) is 1.89. The largest absolute Gasteiger partial charge is 0.492 e. The van der Waals surface area contributed by atoms with Gasteiger partial charge in [-0.3, -0.25) is 9.69 Å². The van der Waals surface area contributed by atoms with Crippen molar-refractivity contribution in [2.75, 3.05) is 20.2 Å². The maximum absolute atomic E-state index is 12.0. The van der Waals surface area contributed by atoms with Crippen LogP contribution in [-0.4, -0.2) is 35.1 Å². The summed E-state index contributed by atoms with van der Waals surface area (Å²) in [5, 5.41) is 0.617. The van der Waals surface area contributed by atoms with Crippen LogP contribution in [0.2, 0.25) is 0 Å². The lowest BCUT2D eigenvalue weighted by Crippen LogP contribution is -2.26. The maximum atomic E-state index is 12.0. The van der Waals surface area contributed by atoms with Gasteiger partial charge in [-0.25, -0.2) is 4.98 Å². The van der Waals surface area contributed by atoms with Gasteiger partial charge >= 0.3 is 0 Å². The second-order valence-corrected chi connectivity index (χ2v) is 5.43. The lowest BCUT2D eigenvalue weighted by atomic mass is 10.2. The van der Waals surface area contributed by atoms with Gasteiger partial charge in [0.25, 0.3) is 5.56 Å². The molecule has 0 aliphatic heterocycles. The van der Waals surface area contributed by atoms with E-state index in [1.165, 1.54) is 0 Å². The van der Waals surface area contributed by atoms with Gasteiger partial charge in [-0.1, -0.05) is 30.3 Å². The van der Waals surface area contributed by atoms with Gasteiger partial charge < -0.3 is 9.72 Å². The number of ether oxygens (including phenoxy) is 1. The molecule has 0 amide bonds. The Morgan fingerprint density at radius 2 is 1.83 bits per heavy atom. The number of nitrogens with zero attached hydrogens (tertiary/aromatic N) is 2. The van der Waals surface area contributed by atoms with E-state index in [-0.39, 0.29) is 5.56 Å². The molecule has 2 aromatic carbocycles. The number of aromatic amines is 1. The minimum atomic E-state index is -0.0977. The predicted octanol–water partition coefficient (Wildman–Crippen LogP) is 2.43. The molecule has 1 N–H and O–H groups in total. The van der Waals surface area contributed by atoms with Crippen LogP contribution in [0.5, 0.6) is 5.75 Å². The van der Waals surface area contributed by atoms with E-state index in [4.69, 9.17) is 4.74 Å². The molecule has 1 aromatic heterocycles. The third-order valence-corrected chi connectivity index (χ3v) is 3.57. The Hall–Kier alpha value is -2.66. The smallest absolute Gasteiger partial charge is 0.258 e. The minimum Gasteiger partial charge on any atom is -0.492 e. The number of H-pyrrole nitrogens is 1. The minimum absolute atomic E-state index is 0.0977. The topological polar surface area (TPSA) is 58.2 Å². The highest BCUT2D eigenvalue weighted by Crippen LogP contribution is 2.09. The highest BCUT2D eigenvalue weighted by Gasteiger charge is 2.06. The number of para-hydroxylation sites is 2. The maximum Gasteiger partial charge on any atom is 0.258 e. The lowest BCUT2D eigenvalue weighted by molar-refractivity contribution is 0.230. The first-order chi connectivity index (χ1) is 11.2. The number of hydrogen-bond acceptors (Lipinski definition) is 4. The highest BCUT2D eigenvalue weighted by atomic mass is 16.5. The molecule has 0 saturated heterocycles. The van der Waals surface area contributed by atoms with Crippen LogP contribution in [0.15, 0.2) is 59.4 Å². The molecule has 5 nitrogen and oxygen atoms in total. The van der Waals surface area contributed by atoms with Crippen molar-refractivity contribution in [3.8, 4) is 5.75 Å². The molecule has 0 atom stereocenters. The SMILES string of the molecule is CN(CCOc1ccccc1)Cc1nc2ccccc2c(=O)[nH]1. The molecular weight excluding hydrogens is 290 g/mol. The number of fused-ring (bicyclic) bond motifs is 1. The van der Waals surface area contributed by atoms with Gasteiger partial charge in [0.2, 0.25) is 0 Å². The Bertz CT molecular complexity index is 830. The monoisotopic (exact) mass is 309 g/mol. The molecule has 1 heterocycles. The Kier molecular flexibility index (Phi) is 4.68. The van der Waals surface area contributed by atoms with Gasteiger partial charge in [-0.2, -0.15) is 0 Å². The summed E-state index contributed by atoms with van der Waals surface area (Å²) in [5.41, 5.74) is 0.625. The van der Waals surface area contributed by atoms with Crippen LogP contribution in [-0.2, 0) is 6.54 Å². The molecule has 0 saturated carbocycles. The summed E-state index contributed by atoms with van der Waals surface area (Å²) < 4.78 is 5.67. The van der Waals surface area contributed by atoms with E-state index in [0.29, 0.717) is 24.4 Å². The van der Waals surface area contributed by atoms with Crippen LogP contribution < -0.4 is 10.3 Å². The first-order valence-electron chi connectivity index (χ1n) is 7.57. The van der Waals surface area contributed by atoms with Crippen LogP contribution in [0, 0.1) is 0 Å². The summed E-state index contributed by atoms with van der Waals surface area (Å²) >= 11 is 0. The first kappa shape index (κ1) is 15.2. The van der Waals surface area contributed by atoms with Crippen molar-refractivity contribution in [2.45, 2.75) is 6.54 Å². The summed E-state index contributed by atoms with van der Waals surface area (Å²) in [7, 11) is 1.98. The van der Waals surface area contributed by atoms with Crippen molar-refractivity contribution in [3.63, 3.8) is 0 Å². The average Bonchev–Trinajstić information content (AvgIpc) is 2.56. The van der Waals surface area contributed by atoms with Crippen molar-refractivity contribution < 1.29 is 4.74 Å². The van der Waals surface area contributed by atoms with Gasteiger partial charge in [0.05, 0.1) is 17.4 Å². The number of aromatic nitrogens is 2. The van der Waals surface area contributed by atoms with Crippen LogP contribution in [0.4, 0.5) is 0 Å². The van der Waals surface area contributed by atoms with Crippen molar-refractivity contribution in [1.29, 1.82) is 0 Å². The molecule has 0 aliphatic carbocycles. The van der Waals surface area contributed by atoms with Crippen LogP contribution in [0.1, 0.15) is 5.82 Å². The van der Waals surface area contributed by atoms with Crippen molar-refractivity contribution in [2.24, 2.45) is 0 Å². The van der Waals surface area contributed by atoms with Gasteiger partial charge in [-0.15, -0.1) is 0 Å². The standard InChI is InChI=1S/C18H19N3O2/c1-21(11-12-23-14-7-3-2-4-8-14)13-17-19-16-10-6-5-9-15(16)18(22)20-17/h2-10H,11-13H2,1H3,(H,19,20,22). The van der Waals surface area contributed by atoms with Crippen LogP contribution in [0.25, 0.3) is 10.9 Å². The van der Waals surface area contributed by atoms with E-state index < -0.39 is 0 Å². The van der Waals surface area contributed by atoms with Crippen molar-refractivity contribution >= 4 is 10.9 Å². The quantitative estimate of drug-likeness (QED) is 0.760. The number of likely N-dealkylation sites (N-methyl/N-ethyl adjacent to an activating group) is 1. The molecular formula is C18H19N3O2. The molecule has 23 heavy (non-hydrogen) atoms. The molecule has 0 unspecified atom stereocenters. The van der Waals surface area contributed by atoms with Crippen molar-refractivity contribution in [3.05, 3.63) is 70.8 Å². The fourth-order valence-corrected chi connectivity index (χ4v) is 2.38. The zero-order chi connectivity index (χ0) is 16.1. The van der Waals surface area contributed by atoms with E-state index in [0.717, 1.165) is 17.8 Å². The molecule has 5 heteroatoms. The zero-order valence-corrected chi connectivity index (χ0v) is 13.0. The first-order valence-corrected chi connectivity index (χ1v) is 7.57. The van der Waals surface area contributed by atoms with Gasteiger partial charge in [0.15, 0.2) is 0 Å². The Morgan fingerprint density at radius 3 is 2.65 bits per heavy atom. The fraction of sp³-hybridized carbons (Fsp3) is 0.222. The Balaban J connectivity index is 1.59. The second kappa shape index (κ2) is 7.07. The highest BCUT2D eigenvalue weighted by molar-refractivity contribution is 5.77. The summed E-state index contributed by atoms with van der Waals surface area (Å²) in [6.07, 6.45) is 0. The van der Waals surface area contributed by atoms with Crippen LogP contribution in [0.3, 0.4) is 0 Å². The second-order valence-electron chi connectivity index (χ2n) is 5.43. The van der Waals surface area contributed by atoms with E-state index in [9.17, 15) is 4.79 Å². The van der Waals surface area contributed by atoms with Gasteiger partial charge in [0.1, 0.15) is 18.2 Å². The van der Waals surface area contributed by atoms with E-state index in [1.54, 1.807) is 6.07 Å². The van der Waals surface area contributed by atoms with E-state index in [2.05, 4.69) is 14.9 Å². The molecule has 3 rings (SSSR count). The fourth-order valence-electron chi connectivity index (χ4n) is 2.38. The normalized spacial score (nSPS) is 11.0. The summed E-state index contributed by atoms with van der Waals surface area (Å²) in [6, 6.07) is 17.1. The van der Waals surface area contributed by atoms with Gasteiger partial charge in [-0.05, 0) is 31.3 Å². The third kappa shape index (κ3) is 3.96. The average molecular weight is 309 g/mol. The lowest BCUT2D eigenvalue weighted by Gasteiger charge is -2.16. The number of rotatable bonds is 6. The molecule has 3 aromatic rings. The molecule has 0 spiro atoms. The number of hydrogen-bond donors (Lipinski definition) is 1. The Morgan fingerprint density at radius 1 is 1.09 bits per heavy atom. The predicted molar refractivity (Wildman–Crippen MR) is 90.6 cm³/mol. The summed E-state index contributed by atoms with van der Waals surface area (Å²) in [4.78, 5) is 21.5. The van der Waals surface area contributed by atoms with Gasteiger partial charge in [0, 0.05) is 6.54 Å². The van der Waals surface area contributed by atoms with E-state index >= 15 is 0 Å². The molecule has 0 bridgehead atoms. The van der Waals surface area contributed by atoms with Crippen molar-refractivity contribution in [1.82, 2.24) is 14.9 Å². The number of benzene rings is 2. The van der Waals surface area contributed by atoms with Crippen LogP contribution >= 0.6 is 0 Å². The number of nitrogens with one attached hydrogen (secondary N) is 1. The molecule has 0 radical (unpaired) electrons. The molecule has 118 valence electrons. The molecule has 0 aliphatic rings. The summed E-state index contributed by atoms with van der Waals surface area (Å²) in [5.74, 6) is 1.52. The van der Waals surface area contributed by atoms with E-state index in [1.807, 2.05) is 55.6 Å².